The van der Waals surface area contributed by atoms with Crippen LogP contribution in [0.1, 0.15) is 26.7 Å². The van der Waals surface area contributed by atoms with Crippen molar-refractivity contribution < 1.29 is 36.3 Å². The third kappa shape index (κ3) is 87.4. The molecule has 0 heterocycles. The van der Waals surface area contributed by atoms with Crippen molar-refractivity contribution in [3.8, 4) is 0 Å². The molecule has 0 aliphatic carbocycles. The Hall–Kier alpha value is 0.168. The molecule has 0 saturated carbocycles. The van der Waals surface area contributed by atoms with Gasteiger partial charge in [-0.2, -0.15) is 0 Å². The molecule has 0 bridgehead atoms. The minimum absolute atomic E-state index is 0. The Morgan fingerprint density at radius 2 is 1.14 bits per heavy atom. The van der Waals surface area contributed by atoms with Crippen molar-refractivity contribution in [1.82, 2.24) is 6.15 Å². The Morgan fingerprint density at radius 3 is 1.14 bits per heavy atom. The van der Waals surface area contributed by atoms with E-state index in [2.05, 4.69) is 0 Å². The Morgan fingerprint density at radius 1 is 1.07 bits per heavy atom. The zero-order chi connectivity index (χ0) is 11.3. The first-order valence-electron chi connectivity index (χ1n) is 3.22. The van der Waals surface area contributed by atoms with Crippen molar-refractivity contribution in [2.24, 2.45) is 0 Å². The van der Waals surface area contributed by atoms with E-state index in [0.717, 1.165) is 0 Å². The second-order valence-electron chi connectivity index (χ2n) is 1.54. The number of aliphatic carboxylic acids is 2. The standard InChI is InChI=1S/2C3H6O2.2ClH.H3N.Pt/c2*1-2-3(4)5;;;;/h2*2H2,1H3,(H,4,5);2*1H;1H3;/q;;;;;+2/p-2. The molecule has 0 aromatic rings. The number of hydrogen-bond donors (Lipinski definition) is 3. The first-order valence-corrected chi connectivity index (χ1v) is 8.85. The molecule has 92 valence electrons. The number of carbonyl (C=O) groups is 2. The van der Waals surface area contributed by atoms with E-state index in [1.54, 1.807) is 13.8 Å². The minimum atomic E-state index is -0.745. The number of rotatable bonds is 2. The molecule has 5 N–H and O–H groups in total. The van der Waals surface area contributed by atoms with Gasteiger partial charge in [0, 0.05) is 12.8 Å². The second-order valence-corrected chi connectivity index (χ2v) is 4.82. The summed E-state index contributed by atoms with van der Waals surface area (Å²) in [4.78, 5) is 18.7. The predicted molar refractivity (Wildman–Crippen MR) is 52.6 cm³/mol. The normalized spacial score (nSPS) is 6.86. The van der Waals surface area contributed by atoms with Gasteiger partial charge in [0.1, 0.15) is 0 Å². The van der Waals surface area contributed by atoms with Gasteiger partial charge in [-0.15, -0.1) is 0 Å². The summed E-state index contributed by atoms with van der Waals surface area (Å²) < 4.78 is 0. The first kappa shape index (κ1) is 23.8. The molecule has 0 unspecified atom stereocenters. The third-order valence-electron chi connectivity index (χ3n) is 0.605. The van der Waals surface area contributed by atoms with Crippen LogP contribution in [0, 0.1) is 0 Å². The van der Waals surface area contributed by atoms with Crippen LogP contribution in [0.4, 0.5) is 0 Å². The summed E-state index contributed by atoms with van der Waals surface area (Å²) in [6.07, 6.45) is 0.444. The molecule has 5 nitrogen and oxygen atoms in total. The van der Waals surface area contributed by atoms with Crippen LogP contribution in [-0.4, -0.2) is 22.2 Å². The molecule has 0 fully saturated rings. The molecule has 0 atom stereocenters. The number of carboxylic acids is 2. The van der Waals surface area contributed by atoms with E-state index in [-0.39, 0.29) is 19.0 Å². The molecule has 0 rings (SSSR count). The summed E-state index contributed by atoms with van der Waals surface area (Å²) in [5.74, 6) is -1.49. The van der Waals surface area contributed by atoms with Gasteiger partial charge in [-0.3, -0.25) is 9.59 Å². The fourth-order valence-corrected chi connectivity index (χ4v) is 0. The average Bonchev–Trinajstić information content (AvgIpc) is 2.07. The van der Waals surface area contributed by atoms with Gasteiger partial charge in [-0.05, 0) is 0 Å². The van der Waals surface area contributed by atoms with Crippen molar-refractivity contribution in [2.45, 2.75) is 26.7 Å². The molecule has 0 radical (unpaired) electrons. The van der Waals surface area contributed by atoms with E-state index < -0.39 is 28.4 Å². The van der Waals surface area contributed by atoms with E-state index in [4.69, 9.17) is 29.0 Å². The van der Waals surface area contributed by atoms with E-state index in [1.807, 2.05) is 0 Å². The summed E-state index contributed by atoms with van der Waals surface area (Å²) in [6.45, 7) is 3.20. The molecule has 0 aliphatic rings. The fourth-order valence-electron chi connectivity index (χ4n) is 0. The van der Waals surface area contributed by atoms with Gasteiger partial charge in [0.15, 0.2) is 0 Å². The summed E-state index contributed by atoms with van der Waals surface area (Å²) in [7, 11) is 9.75. The molecule has 0 amide bonds. The average molecular weight is 431 g/mol. The van der Waals surface area contributed by atoms with E-state index >= 15 is 0 Å². The van der Waals surface area contributed by atoms with Gasteiger partial charge in [-0.1, -0.05) is 13.8 Å². The van der Waals surface area contributed by atoms with Crippen molar-refractivity contribution in [3.63, 3.8) is 0 Å². The predicted octanol–water partition coefficient (Wildman–Crippen LogP) is 2.50. The van der Waals surface area contributed by atoms with Gasteiger partial charge in [-0.25, -0.2) is 0 Å². The third-order valence-corrected chi connectivity index (χ3v) is 0.605. The number of hydrogen-bond acceptors (Lipinski definition) is 3. The Balaban J connectivity index is -0.0000000535. The van der Waals surface area contributed by atoms with Gasteiger partial charge in [0.2, 0.25) is 0 Å². The van der Waals surface area contributed by atoms with Crippen LogP contribution < -0.4 is 6.15 Å². The van der Waals surface area contributed by atoms with Crippen molar-refractivity contribution >= 4 is 30.8 Å². The van der Waals surface area contributed by atoms with Crippen molar-refractivity contribution in [2.75, 3.05) is 0 Å². The molecule has 0 aliphatic heterocycles. The molecular formula is C6H15Cl2NO4Pt. The van der Waals surface area contributed by atoms with Crippen molar-refractivity contribution in [3.05, 3.63) is 0 Å². The summed E-state index contributed by atoms with van der Waals surface area (Å²) in [6, 6.07) is 0. The van der Waals surface area contributed by atoms with Crippen molar-refractivity contribution in [1.29, 1.82) is 0 Å². The van der Waals surface area contributed by atoms with Gasteiger partial charge in [0.25, 0.3) is 0 Å². The summed E-state index contributed by atoms with van der Waals surface area (Å²) >= 11 is -0.472. The molecule has 0 saturated heterocycles. The summed E-state index contributed by atoms with van der Waals surface area (Å²) in [5.41, 5.74) is 0. The Bertz CT molecular complexity index is 123. The fraction of sp³-hybridized carbons (Fsp3) is 0.667. The summed E-state index contributed by atoms with van der Waals surface area (Å²) in [5, 5.41) is 15.4. The van der Waals surface area contributed by atoms with Crippen LogP contribution in [-0.2, 0) is 26.1 Å². The van der Waals surface area contributed by atoms with Crippen LogP contribution in [0.15, 0.2) is 0 Å². The Labute approximate surface area is 99.7 Å². The van der Waals surface area contributed by atoms with E-state index in [0.29, 0.717) is 0 Å². The monoisotopic (exact) mass is 430 g/mol. The quantitative estimate of drug-likeness (QED) is 0.623. The SMILES string of the molecule is CCC(=O)O.CCC(=O)O.N.[Cl][Pt][Cl]. The number of carboxylic acid groups (broad SMARTS) is 2. The van der Waals surface area contributed by atoms with Crippen LogP contribution in [0.3, 0.4) is 0 Å². The first-order chi connectivity index (χ1) is 5.95. The van der Waals surface area contributed by atoms with Crippen LogP contribution in [0.25, 0.3) is 0 Å². The van der Waals surface area contributed by atoms with E-state index in [9.17, 15) is 9.59 Å². The zero-order valence-electron chi connectivity index (χ0n) is 7.90. The molecule has 0 aromatic carbocycles. The van der Waals surface area contributed by atoms with Gasteiger partial charge >= 0.3 is 47.3 Å². The zero-order valence-corrected chi connectivity index (χ0v) is 11.7. The molecule has 0 aromatic heterocycles. The second kappa shape index (κ2) is 23.2. The maximum absolute atomic E-state index is 9.37. The van der Waals surface area contributed by atoms with E-state index in [1.165, 1.54) is 0 Å². The molecule has 8 heteroatoms. The number of halogens is 2. The van der Waals surface area contributed by atoms with Crippen LogP contribution in [0.2, 0.25) is 0 Å². The Kier molecular flexibility index (Phi) is 39.4. The maximum atomic E-state index is 9.37. The molecule has 14 heavy (non-hydrogen) atoms. The van der Waals surface area contributed by atoms with Crippen LogP contribution >= 0.6 is 18.8 Å². The van der Waals surface area contributed by atoms with Crippen LogP contribution in [0.5, 0.6) is 0 Å². The molecule has 0 spiro atoms. The molecular weight excluding hydrogens is 416 g/mol. The van der Waals surface area contributed by atoms with Gasteiger partial charge < -0.3 is 16.4 Å². The van der Waals surface area contributed by atoms with Gasteiger partial charge in [0.05, 0.1) is 0 Å². The topological polar surface area (TPSA) is 110 Å².